The molecule has 0 spiro atoms. The van der Waals surface area contributed by atoms with E-state index in [0.29, 0.717) is 26.1 Å². The van der Waals surface area contributed by atoms with Gasteiger partial charge in [-0.1, -0.05) is 24.3 Å². The minimum atomic E-state index is -4.02. The van der Waals surface area contributed by atoms with E-state index in [2.05, 4.69) is 0 Å². The highest BCUT2D eigenvalue weighted by atomic mass is 19.4. The normalized spacial score (nSPS) is 23.8. The van der Waals surface area contributed by atoms with Gasteiger partial charge in [-0.3, -0.25) is 0 Å². The average Bonchev–Trinajstić information content (AvgIpc) is 2.45. The molecule has 0 N–H and O–H groups in total. The van der Waals surface area contributed by atoms with E-state index in [-0.39, 0.29) is 18.8 Å². The number of hydrogen-bond acceptors (Lipinski definition) is 1. The maximum absolute atomic E-state index is 12.6. The van der Waals surface area contributed by atoms with Gasteiger partial charge < -0.3 is 4.74 Å². The van der Waals surface area contributed by atoms with Crippen LogP contribution in [0, 0.1) is 5.92 Å². The summed E-state index contributed by atoms with van der Waals surface area (Å²) < 4.78 is 43.2. The summed E-state index contributed by atoms with van der Waals surface area (Å²) in [6, 6.07) is 8.10. The lowest BCUT2D eigenvalue weighted by Crippen LogP contribution is -2.27. The fourth-order valence-electron chi connectivity index (χ4n) is 2.86. The van der Waals surface area contributed by atoms with Gasteiger partial charge in [-0.05, 0) is 49.7 Å². The van der Waals surface area contributed by atoms with Crippen LogP contribution in [0.15, 0.2) is 24.3 Å². The van der Waals surface area contributed by atoms with E-state index < -0.39 is 12.1 Å². The fourth-order valence-corrected chi connectivity index (χ4v) is 2.86. The molecule has 1 aliphatic carbocycles. The van der Waals surface area contributed by atoms with Crippen molar-refractivity contribution in [2.75, 3.05) is 6.61 Å². The molecule has 1 fully saturated rings. The van der Waals surface area contributed by atoms with Crippen LogP contribution < -0.4 is 0 Å². The molecule has 0 heterocycles. The molecule has 1 aliphatic rings. The molecule has 1 aromatic carbocycles. The summed E-state index contributed by atoms with van der Waals surface area (Å²) in [5.41, 5.74) is 2.27. The first-order valence-corrected chi connectivity index (χ1v) is 7.24. The van der Waals surface area contributed by atoms with Crippen LogP contribution in [0.5, 0.6) is 0 Å². The SMILES string of the molecule is CCOCc1ccc([C@H]2CC[C@H](C(F)(F)F)CC2)cc1. The van der Waals surface area contributed by atoms with E-state index in [0.717, 1.165) is 11.1 Å². The maximum Gasteiger partial charge on any atom is 0.391 e. The third-order valence-electron chi connectivity index (χ3n) is 4.11. The lowest BCUT2D eigenvalue weighted by Gasteiger charge is -2.30. The Hall–Kier alpha value is -1.03. The van der Waals surface area contributed by atoms with Crippen molar-refractivity contribution in [2.45, 2.75) is 51.3 Å². The lowest BCUT2D eigenvalue weighted by molar-refractivity contribution is -0.182. The molecule has 0 unspecified atom stereocenters. The van der Waals surface area contributed by atoms with E-state index in [4.69, 9.17) is 4.74 Å². The molecule has 112 valence electrons. The highest BCUT2D eigenvalue weighted by Gasteiger charge is 2.41. The Kier molecular flexibility index (Phi) is 5.08. The molecule has 1 nitrogen and oxygen atoms in total. The molecule has 4 heteroatoms. The van der Waals surface area contributed by atoms with E-state index >= 15 is 0 Å². The van der Waals surface area contributed by atoms with E-state index in [9.17, 15) is 13.2 Å². The van der Waals surface area contributed by atoms with Crippen molar-refractivity contribution in [3.05, 3.63) is 35.4 Å². The van der Waals surface area contributed by atoms with Gasteiger partial charge in [0.2, 0.25) is 0 Å². The number of halogens is 3. The van der Waals surface area contributed by atoms with Crippen molar-refractivity contribution in [1.29, 1.82) is 0 Å². The summed E-state index contributed by atoms with van der Waals surface area (Å²) in [6.07, 6.45) is -2.24. The molecule has 1 saturated carbocycles. The first-order chi connectivity index (χ1) is 9.50. The van der Waals surface area contributed by atoms with Gasteiger partial charge >= 0.3 is 6.18 Å². The molecular weight excluding hydrogens is 265 g/mol. The van der Waals surface area contributed by atoms with Crippen LogP contribution in [0.1, 0.15) is 49.7 Å². The Morgan fingerprint density at radius 2 is 1.65 bits per heavy atom. The Labute approximate surface area is 118 Å². The number of ether oxygens (including phenoxy) is 1. The summed E-state index contributed by atoms with van der Waals surface area (Å²) >= 11 is 0. The highest BCUT2D eigenvalue weighted by Crippen LogP contribution is 2.42. The molecule has 0 saturated heterocycles. The van der Waals surface area contributed by atoms with Gasteiger partial charge in [0.25, 0.3) is 0 Å². The molecule has 1 aromatic rings. The predicted molar refractivity (Wildman–Crippen MR) is 72.5 cm³/mol. The molecule has 0 amide bonds. The van der Waals surface area contributed by atoms with E-state index in [1.54, 1.807) is 0 Å². The Morgan fingerprint density at radius 3 is 2.15 bits per heavy atom. The van der Waals surface area contributed by atoms with Crippen molar-refractivity contribution in [3.63, 3.8) is 0 Å². The second-order valence-corrected chi connectivity index (χ2v) is 5.47. The van der Waals surface area contributed by atoms with E-state index in [1.165, 1.54) is 0 Å². The minimum Gasteiger partial charge on any atom is -0.377 e. The van der Waals surface area contributed by atoms with E-state index in [1.807, 2.05) is 31.2 Å². The quantitative estimate of drug-likeness (QED) is 0.751. The summed E-state index contributed by atoms with van der Waals surface area (Å²) in [6.45, 7) is 3.23. The van der Waals surface area contributed by atoms with Gasteiger partial charge in [-0.2, -0.15) is 13.2 Å². The van der Waals surface area contributed by atoms with Crippen molar-refractivity contribution in [2.24, 2.45) is 5.92 Å². The zero-order valence-electron chi connectivity index (χ0n) is 11.7. The topological polar surface area (TPSA) is 9.23 Å². The fraction of sp³-hybridized carbons (Fsp3) is 0.625. The van der Waals surface area contributed by atoms with Crippen LogP contribution >= 0.6 is 0 Å². The largest absolute Gasteiger partial charge is 0.391 e. The predicted octanol–water partition coefficient (Wildman–Crippen LogP) is 5.06. The molecule has 0 aliphatic heterocycles. The average molecular weight is 286 g/mol. The molecule has 0 radical (unpaired) electrons. The Balaban J connectivity index is 1.90. The smallest absolute Gasteiger partial charge is 0.377 e. The van der Waals surface area contributed by atoms with Crippen molar-refractivity contribution in [1.82, 2.24) is 0 Å². The number of benzene rings is 1. The van der Waals surface area contributed by atoms with Crippen LogP contribution in [0.3, 0.4) is 0 Å². The van der Waals surface area contributed by atoms with Crippen LogP contribution in [0.4, 0.5) is 13.2 Å². The van der Waals surface area contributed by atoms with Crippen molar-refractivity contribution >= 4 is 0 Å². The standard InChI is InChI=1S/C16H21F3O/c1-2-20-11-12-3-5-13(6-4-12)14-7-9-15(10-8-14)16(17,18)19/h3-6,14-15H,2,7-11H2,1H3/t14-,15-. The molecule has 20 heavy (non-hydrogen) atoms. The minimum absolute atomic E-state index is 0.259. The second kappa shape index (κ2) is 6.61. The Bertz CT molecular complexity index is 403. The third-order valence-corrected chi connectivity index (χ3v) is 4.11. The van der Waals surface area contributed by atoms with Gasteiger partial charge in [0.15, 0.2) is 0 Å². The second-order valence-electron chi connectivity index (χ2n) is 5.47. The monoisotopic (exact) mass is 286 g/mol. The summed E-state index contributed by atoms with van der Waals surface area (Å²) in [5, 5.41) is 0. The third kappa shape index (κ3) is 3.98. The van der Waals surface area contributed by atoms with Gasteiger partial charge in [0.1, 0.15) is 0 Å². The maximum atomic E-state index is 12.6. The van der Waals surface area contributed by atoms with Gasteiger partial charge in [0.05, 0.1) is 12.5 Å². The number of hydrogen-bond donors (Lipinski definition) is 0. The van der Waals surface area contributed by atoms with Gasteiger partial charge in [0, 0.05) is 6.61 Å². The zero-order chi connectivity index (χ0) is 14.6. The summed E-state index contributed by atoms with van der Waals surface area (Å²) in [5.74, 6) is -0.828. The van der Waals surface area contributed by atoms with Crippen LogP contribution in [-0.2, 0) is 11.3 Å². The van der Waals surface area contributed by atoms with Crippen LogP contribution in [0.25, 0.3) is 0 Å². The number of rotatable bonds is 4. The molecule has 0 aromatic heterocycles. The van der Waals surface area contributed by atoms with Gasteiger partial charge in [-0.15, -0.1) is 0 Å². The summed E-state index contributed by atoms with van der Waals surface area (Å²) in [4.78, 5) is 0. The van der Waals surface area contributed by atoms with Crippen LogP contribution in [-0.4, -0.2) is 12.8 Å². The van der Waals surface area contributed by atoms with Crippen molar-refractivity contribution < 1.29 is 17.9 Å². The van der Waals surface area contributed by atoms with Gasteiger partial charge in [-0.25, -0.2) is 0 Å². The molecule has 0 bridgehead atoms. The summed E-state index contributed by atoms with van der Waals surface area (Å²) in [7, 11) is 0. The Morgan fingerprint density at radius 1 is 1.05 bits per heavy atom. The van der Waals surface area contributed by atoms with Crippen molar-refractivity contribution in [3.8, 4) is 0 Å². The molecule has 0 atom stereocenters. The zero-order valence-corrected chi connectivity index (χ0v) is 11.7. The number of alkyl halides is 3. The first-order valence-electron chi connectivity index (χ1n) is 7.24. The highest BCUT2D eigenvalue weighted by molar-refractivity contribution is 5.25. The van der Waals surface area contributed by atoms with Crippen LogP contribution in [0.2, 0.25) is 0 Å². The molecule has 2 rings (SSSR count). The lowest BCUT2D eigenvalue weighted by atomic mass is 9.78. The first kappa shape index (κ1) is 15.4. The molecular formula is C16H21F3O.